The number of rotatable bonds is 4. The van der Waals surface area contributed by atoms with Gasteiger partial charge in [0.2, 0.25) is 0 Å². The Balaban J connectivity index is 0.959. The highest BCUT2D eigenvalue weighted by Gasteiger charge is 2.51. The molecular formula is C65H44N2O. The first-order valence-corrected chi connectivity index (χ1v) is 23.6. The quantitative estimate of drug-likeness (QED) is 0.176. The van der Waals surface area contributed by atoms with Crippen molar-refractivity contribution in [3.63, 3.8) is 0 Å². The van der Waals surface area contributed by atoms with Crippen molar-refractivity contribution in [2.24, 2.45) is 0 Å². The number of hydrogen-bond donors (Lipinski definition) is 0. The van der Waals surface area contributed by atoms with Crippen molar-refractivity contribution < 1.29 is 4.79 Å². The van der Waals surface area contributed by atoms with E-state index in [1.54, 1.807) is 0 Å². The van der Waals surface area contributed by atoms with Gasteiger partial charge in [0.05, 0.1) is 27.8 Å². The van der Waals surface area contributed by atoms with Gasteiger partial charge in [0.15, 0.2) is 5.78 Å². The molecule has 0 saturated carbocycles. The number of carbonyl (C=O) groups excluding carboxylic acids is 1. The van der Waals surface area contributed by atoms with Crippen molar-refractivity contribution in [1.82, 2.24) is 4.57 Å². The lowest BCUT2D eigenvalue weighted by atomic mass is 9.64. The number of aromatic nitrogens is 1. The molecule has 320 valence electrons. The normalized spacial score (nSPS) is 14.6. The molecule has 0 fully saturated rings. The van der Waals surface area contributed by atoms with Crippen LogP contribution in [0.4, 0.5) is 17.1 Å². The Morgan fingerprint density at radius 3 is 1.60 bits per heavy atom. The number of ketones is 1. The Labute approximate surface area is 395 Å². The van der Waals surface area contributed by atoms with Crippen molar-refractivity contribution in [3.8, 4) is 39.1 Å². The van der Waals surface area contributed by atoms with E-state index >= 15 is 0 Å². The molecule has 3 aliphatic rings. The minimum absolute atomic E-state index is 0.0934. The third-order valence-electron chi connectivity index (χ3n) is 15.4. The summed E-state index contributed by atoms with van der Waals surface area (Å²) in [6, 6.07) is 84.0. The molecule has 3 nitrogen and oxygen atoms in total. The molecule has 2 aliphatic carbocycles. The second kappa shape index (κ2) is 14.2. The maximum atomic E-state index is 14.0. The second-order valence-electron chi connectivity index (χ2n) is 19.2. The van der Waals surface area contributed by atoms with Crippen molar-refractivity contribution in [2.45, 2.75) is 24.7 Å². The fourth-order valence-electron chi connectivity index (χ4n) is 12.4. The first kappa shape index (κ1) is 38.7. The Bertz CT molecular complexity index is 3860. The van der Waals surface area contributed by atoms with E-state index in [4.69, 9.17) is 0 Å². The van der Waals surface area contributed by atoms with E-state index in [9.17, 15) is 4.79 Å². The molecule has 0 radical (unpaired) electrons. The van der Waals surface area contributed by atoms with Gasteiger partial charge in [-0.1, -0.05) is 184 Å². The lowest BCUT2D eigenvalue weighted by molar-refractivity contribution is 0.103. The monoisotopic (exact) mass is 868 g/mol. The van der Waals surface area contributed by atoms with Crippen LogP contribution in [0.3, 0.4) is 0 Å². The summed E-state index contributed by atoms with van der Waals surface area (Å²) < 4.78 is 2.38. The van der Waals surface area contributed by atoms with Gasteiger partial charge in [-0.05, 0) is 127 Å². The average Bonchev–Trinajstić information content (AvgIpc) is 3.89. The summed E-state index contributed by atoms with van der Waals surface area (Å²) in [6.45, 7) is 4.45. The lowest BCUT2D eigenvalue weighted by Gasteiger charge is -2.45. The van der Waals surface area contributed by atoms with Crippen LogP contribution in [0, 0.1) is 0 Å². The predicted molar refractivity (Wildman–Crippen MR) is 279 cm³/mol. The van der Waals surface area contributed by atoms with Crippen molar-refractivity contribution in [2.75, 3.05) is 4.90 Å². The molecule has 1 spiro atoms. The molecule has 0 bridgehead atoms. The molecule has 14 rings (SSSR count). The number of benzene rings is 10. The van der Waals surface area contributed by atoms with Gasteiger partial charge in [0.1, 0.15) is 0 Å². The molecular weight excluding hydrogens is 825 g/mol. The lowest BCUT2D eigenvalue weighted by Crippen LogP contribution is -2.36. The molecule has 1 aromatic heterocycles. The fraction of sp³-hybridized carbons (Fsp3) is 0.0615. The first-order chi connectivity index (χ1) is 33.4. The second-order valence-corrected chi connectivity index (χ2v) is 19.2. The topological polar surface area (TPSA) is 25.2 Å². The van der Waals surface area contributed by atoms with Crippen LogP contribution in [-0.4, -0.2) is 10.4 Å². The fourth-order valence-corrected chi connectivity index (χ4v) is 12.4. The first-order valence-electron chi connectivity index (χ1n) is 23.6. The van der Waals surface area contributed by atoms with E-state index < -0.39 is 5.41 Å². The molecule has 0 unspecified atom stereocenters. The van der Waals surface area contributed by atoms with Gasteiger partial charge < -0.3 is 9.47 Å². The highest BCUT2D eigenvalue weighted by Crippen LogP contribution is 2.63. The molecule has 1 aliphatic heterocycles. The predicted octanol–water partition coefficient (Wildman–Crippen LogP) is 16.1. The van der Waals surface area contributed by atoms with Gasteiger partial charge in [-0.25, -0.2) is 0 Å². The Hall–Kier alpha value is -8.53. The molecule has 3 heteroatoms. The summed E-state index contributed by atoms with van der Waals surface area (Å²) in [4.78, 5) is 16.5. The summed E-state index contributed by atoms with van der Waals surface area (Å²) in [7, 11) is 0. The molecule has 0 atom stereocenters. The SMILES string of the molecule is CC1(C)c2ccccc2C(=O)c2cc(-c3ccc(N4c5ccccc5C5(c6ccccc6-c6ccccc65)c5ccc(-c6ccc7c(c6)c6ccccc6n7-c6ccccc6)cc54)cc3)ccc21. The third-order valence-corrected chi connectivity index (χ3v) is 15.4. The molecule has 0 saturated heterocycles. The number of hydrogen-bond acceptors (Lipinski definition) is 2. The van der Waals surface area contributed by atoms with E-state index in [1.807, 2.05) is 18.2 Å². The molecule has 0 amide bonds. The van der Waals surface area contributed by atoms with Crippen LogP contribution in [0.1, 0.15) is 63.1 Å². The maximum absolute atomic E-state index is 14.0. The van der Waals surface area contributed by atoms with E-state index in [-0.39, 0.29) is 11.2 Å². The van der Waals surface area contributed by atoms with Crippen LogP contribution in [0.2, 0.25) is 0 Å². The van der Waals surface area contributed by atoms with Crippen LogP contribution in [0.25, 0.3) is 60.9 Å². The maximum Gasteiger partial charge on any atom is 0.193 e. The number of para-hydroxylation sites is 3. The van der Waals surface area contributed by atoms with Crippen molar-refractivity contribution >= 4 is 44.7 Å². The van der Waals surface area contributed by atoms with E-state index in [1.165, 1.54) is 60.8 Å². The zero-order valence-corrected chi connectivity index (χ0v) is 37.7. The summed E-state index contributed by atoms with van der Waals surface area (Å²) in [5.41, 5.74) is 21.9. The van der Waals surface area contributed by atoms with Gasteiger partial charge in [-0.2, -0.15) is 0 Å². The van der Waals surface area contributed by atoms with Crippen LogP contribution in [0.15, 0.2) is 231 Å². The molecule has 11 aromatic rings. The average molecular weight is 869 g/mol. The third kappa shape index (κ3) is 5.21. The van der Waals surface area contributed by atoms with Crippen molar-refractivity contribution in [3.05, 3.63) is 275 Å². The van der Waals surface area contributed by atoms with Crippen LogP contribution in [-0.2, 0) is 10.8 Å². The number of anilines is 3. The number of nitrogens with zero attached hydrogens (tertiary/aromatic N) is 2. The highest BCUT2D eigenvalue weighted by molar-refractivity contribution is 6.14. The standard InChI is InChI=1S/C65H44N2O/c1-64(2)53-22-10-8-21-50(53)63(68)52-39-42(30-35-54(52)64)41-28-33-46(34-29-41)67-61-27-15-13-25-57(61)65(55-23-11-6-18-47(55)48-19-7-12-24-56(48)65)58-36-31-44(40-62(58)67)43-32-37-60-51(38-43)49-20-9-14-26-59(49)66(60)45-16-4-3-5-17-45/h3-40H,1-2H3. The van der Waals surface area contributed by atoms with Crippen LogP contribution >= 0.6 is 0 Å². The van der Waals surface area contributed by atoms with Gasteiger partial charge in [-0.15, -0.1) is 0 Å². The minimum Gasteiger partial charge on any atom is -0.310 e. The molecule has 10 aromatic carbocycles. The van der Waals surface area contributed by atoms with Crippen LogP contribution in [0.5, 0.6) is 0 Å². The van der Waals surface area contributed by atoms with Gasteiger partial charge >= 0.3 is 0 Å². The Morgan fingerprint density at radius 2 is 0.853 bits per heavy atom. The Kier molecular flexibility index (Phi) is 8.10. The van der Waals surface area contributed by atoms with Gasteiger partial charge in [-0.3, -0.25) is 4.79 Å². The number of carbonyl (C=O) groups is 1. The van der Waals surface area contributed by atoms with E-state index in [2.05, 4.69) is 236 Å². The van der Waals surface area contributed by atoms with E-state index in [0.717, 1.165) is 61.7 Å². The molecule has 68 heavy (non-hydrogen) atoms. The molecule has 0 N–H and O–H groups in total. The smallest absolute Gasteiger partial charge is 0.193 e. The van der Waals surface area contributed by atoms with Crippen molar-refractivity contribution in [1.29, 1.82) is 0 Å². The van der Waals surface area contributed by atoms with E-state index in [0.29, 0.717) is 0 Å². The number of fused-ring (bicyclic) bond motifs is 14. The summed E-state index contributed by atoms with van der Waals surface area (Å²) >= 11 is 0. The van der Waals surface area contributed by atoms with Gasteiger partial charge in [0.25, 0.3) is 0 Å². The largest absolute Gasteiger partial charge is 0.310 e. The summed E-state index contributed by atoms with van der Waals surface area (Å²) in [5, 5.41) is 2.46. The molecule has 2 heterocycles. The highest BCUT2D eigenvalue weighted by atomic mass is 16.1. The Morgan fingerprint density at radius 1 is 0.338 bits per heavy atom. The van der Waals surface area contributed by atoms with Crippen LogP contribution < -0.4 is 4.90 Å². The summed E-state index contributed by atoms with van der Waals surface area (Å²) in [5.74, 6) is 0.0934. The zero-order valence-electron chi connectivity index (χ0n) is 37.7. The minimum atomic E-state index is -0.538. The summed E-state index contributed by atoms with van der Waals surface area (Å²) in [6.07, 6.45) is 0. The zero-order chi connectivity index (χ0) is 45.3. The van der Waals surface area contributed by atoms with Gasteiger partial charge in [0, 0.05) is 38.7 Å².